The molecule has 89 valence electrons. The second-order valence-electron chi connectivity index (χ2n) is 4.80. The predicted molar refractivity (Wildman–Crippen MR) is 78.2 cm³/mol. The number of aryl methyl sites for hydroxylation is 1. The minimum atomic E-state index is 1.22. The van der Waals surface area contributed by atoms with Crippen LogP contribution >= 0.6 is 0 Å². The van der Waals surface area contributed by atoms with Gasteiger partial charge in [-0.05, 0) is 47.9 Å². The van der Waals surface area contributed by atoms with Gasteiger partial charge in [-0.1, -0.05) is 60.7 Å². The van der Waals surface area contributed by atoms with Gasteiger partial charge in [0.25, 0.3) is 0 Å². The molecule has 1 radical (unpaired) electrons. The molecule has 0 aliphatic heterocycles. The summed E-state index contributed by atoms with van der Waals surface area (Å²) in [6.07, 6.45) is 10.5. The summed E-state index contributed by atoms with van der Waals surface area (Å²) >= 11 is 0. The smallest absolute Gasteiger partial charge is 0.00899 e. The number of fused-ring (bicyclic) bond motifs is 1. The molecule has 0 unspecified atom stereocenters. The number of benzene rings is 2. The zero-order chi connectivity index (χ0) is 12.2. The summed E-state index contributed by atoms with van der Waals surface area (Å²) in [4.78, 5) is 0. The Hall–Kier alpha value is -1.82. The lowest BCUT2D eigenvalue weighted by molar-refractivity contribution is 0.775. The molecular weight excluding hydrogens is 216 g/mol. The van der Waals surface area contributed by atoms with E-state index in [0.29, 0.717) is 0 Å². The Morgan fingerprint density at radius 2 is 1.67 bits per heavy atom. The van der Waals surface area contributed by atoms with Crippen LogP contribution in [0.2, 0.25) is 0 Å². The first-order valence-corrected chi connectivity index (χ1v) is 6.61. The molecule has 2 aromatic rings. The lowest BCUT2D eigenvalue weighted by Gasteiger charge is -2.15. The van der Waals surface area contributed by atoms with Crippen molar-refractivity contribution >= 4 is 12.2 Å². The van der Waals surface area contributed by atoms with Crippen LogP contribution in [0.5, 0.6) is 0 Å². The van der Waals surface area contributed by atoms with Crippen molar-refractivity contribution < 1.29 is 0 Å². The Morgan fingerprint density at radius 3 is 2.56 bits per heavy atom. The molecule has 0 aromatic heterocycles. The van der Waals surface area contributed by atoms with Gasteiger partial charge in [-0.2, -0.15) is 0 Å². The van der Waals surface area contributed by atoms with Crippen LogP contribution in [-0.2, 0) is 6.42 Å². The summed E-state index contributed by atoms with van der Waals surface area (Å²) in [5, 5.41) is 0. The Morgan fingerprint density at radius 1 is 0.833 bits per heavy atom. The van der Waals surface area contributed by atoms with E-state index in [1.54, 1.807) is 0 Å². The molecule has 0 heteroatoms. The van der Waals surface area contributed by atoms with Crippen molar-refractivity contribution in [3.63, 3.8) is 0 Å². The third-order valence-electron chi connectivity index (χ3n) is 3.45. The molecule has 2 aromatic carbocycles. The van der Waals surface area contributed by atoms with Gasteiger partial charge in [-0.25, -0.2) is 0 Å². The fourth-order valence-electron chi connectivity index (χ4n) is 2.44. The van der Waals surface area contributed by atoms with Gasteiger partial charge in [0.2, 0.25) is 0 Å². The fourth-order valence-corrected chi connectivity index (χ4v) is 2.44. The third kappa shape index (κ3) is 2.53. The van der Waals surface area contributed by atoms with Crippen LogP contribution in [0.25, 0.3) is 12.2 Å². The van der Waals surface area contributed by atoms with Gasteiger partial charge in [0.1, 0.15) is 0 Å². The lowest BCUT2D eigenvalue weighted by atomic mass is 9.90. The molecular formula is C18H17. The second-order valence-corrected chi connectivity index (χ2v) is 4.80. The Labute approximate surface area is 109 Å². The van der Waals surface area contributed by atoms with Crippen LogP contribution < -0.4 is 0 Å². The van der Waals surface area contributed by atoms with E-state index in [4.69, 9.17) is 0 Å². The summed E-state index contributed by atoms with van der Waals surface area (Å²) < 4.78 is 0. The van der Waals surface area contributed by atoms with Crippen LogP contribution in [0.1, 0.15) is 35.1 Å². The number of rotatable bonds is 2. The van der Waals surface area contributed by atoms with Crippen LogP contribution in [0.4, 0.5) is 0 Å². The Balaban J connectivity index is 1.83. The van der Waals surface area contributed by atoms with Crippen molar-refractivity contribution in [3.05, 3.63) is 77.2 Å². The zero-order valence-corrected chi connectivity index (χ0v) is 10.5. The first-order valence-electron chi connectivity index (χ1n) is 6.61. The maximum Gasteiger partial charge on any atom is -0.00899 e. The topological polar surface area (TPSA) is 0 Å². The van der Waals surface area contributed by atoms with E-state index in [1.807, 2.05) is 6.07 Å². The molecule has 3 rings (SSSR count). The van der Waals surface area contributed by atoms with Crippen molar-refractivity contribution in [1.29, 1.82) is 0 Å². The molecule has 0 nitrogen and oxygen atoms in total. The second kappa shape index (κ2) is 5.22. The molecule has 0 amide bonds. The molecule has 1 aliphatic carbocycles. The molecule has 0 spiro atoms. The Kier molecular flexibility index (Phi) is 3.27. The van der Waals surface area contributed by atoms with Gasteiger partial charge in [-0.3, -0.25) is 0 Å². The van der Waals surface area contributed by atoms with Gasteiger partial charge >= 0.3 is 0 Å². The fraction of sp³-hybridized carbons (Fsp3) is 0.167. The molecule has 0 saturated carbocycles. The highest BCUT2D eigenvalue weighted by atomic mass is 14.1. The van der Waals surface area contributed by atoms with E-state index in [2.05, 4.69) is 61.0 Å². The molecule has 0 atom stereocenters. The van der Waals surface area contributed by atoms with E-state index in [1.165, 1.54) is 41.5 Å². The van der Waals surface area contributed by atoms with Crippen molar-refractivity contribution in [3.8, 4) is 0 Å². The maximum absolute atomic E-state index is 2.36. The Bertz CT molecular complexity index is 550. The average molecular weight is 233 g/mol. The summed E-state index contributed by atoms with van der Waals surface area (Å²) in [5.41, 5.74) is 5.46. The average Bonchev–Trinajstić information content (AvgIpc) is 2.46. The number of hydrogen-bond acceptors (Lipinski definition) is 0. The lowest BCUT2D eigenvalue weighted by Crippen LogP contribution is -2.00. The highest BCUT2D eigenvalue weighted by Gasteiger charge is 2.08. The quantitative estimate of drug-likeness (QED) is 0.657. The molecule has 0 N–H and O–H groups in total. The van der Waals surface area contributed by atoms with E-state index >= 15 is 0 Å². The SMILES string of the molecule is [CH]1CCCc2ccc(/C=C/c3ccccc3)cc21. The summed E-state index contributed by atoms with van der Waals surface area (Å²) in [6.45, 7) is 0. The van der Waals surface area contributed by atoms with Gasteiger partial charge in [0, 0.05) is 0 Å². The van der Waals surface area contributed by atoms with E-state index < -0.39 is 0 Å². The molecule has 0 bridgehead atoms. The summed E-state index contributed by atoms with van der Waals surface area (Å²) in [5.74, 6) is 0. The van der Waals surface area contributed by atoms with Crippen molar-refractivity contribution in [2.75, 3.05) is 0 Å². The highest BCUT2D eigenvalue weighted by Crippen LogP contribution is 2.24. The first-order chi connectivity index (χ1) is 8.92. The van der Waals surface area contributed by atoms with Crippen LogP contribution in [0.3, 0.4) is 0 Å². The van der Waals surface area contributed by atoms with E-state index in [0.717, 1.165) is 0 Å². The molecule has 1 aliphatic rings. The largest absolute Gasteiger partial charge is 0.0622 e. The molecule has 0 heterocycles. The number of hydrogen-bond donors (Lipinski definition) is 0. The maximum atomic E-state index is 2.36. The van der Waals surface area contributed by atoms with E-state index in [9.17, 15) is 0 Å². The van der Waals surface area contributed by atoms with Crippen molar-refractivity contribution in [2.24, 2.45) is 0 Å². The highest BCUT2D eigenvalue weighted by molar-refractivity contribution is 5.70. The minimum absolute atomic E-state index is 1.22. The first kappa shape index (κ1) is 11.3. The summed E-state index contributed by atoms with van der Waals surface area (Å²) in [7, 11) is 0. The van der Waals surface area contributed by atoms with Gasteiger partial charge < -0.3 is 0 Å². The van der Waals surface area contributed by atoms with E-state index in [-0.39, 0.29) is 0 Å². The molecule has 18 heavy (non-hydrogen) atoms. The third-order valence-corrected chi connectivity index (χ3v) is 3.45. The van der Waals surface area contributed by atoms with Gasteiger partial charge in [0.05, 0.1) is 0 Å². The van der Waals surface area contributed by atoms with Crippen LogP contribution in [0, 0.1) is 6.42 Å². The molecule has 0 fully saturated rings. The standard InChI is InChI=1S/C18H17/c1-2-6-15(7-3-1)10-11-16-12-13-17-8-4-5-9-18(17)14-16/h1-3,6-7,9-14H,4-5,8H2/b11-10+. The van der Waals surface area contributed by atoms with Gasteiger partial charge in [0.15, 0.2) is 0 Å². The molecule has 0 saturated heterocycles. The van der Waals surface area contributed by atoms with Crippen LogP contribution in [0.15, 0.2) is 48.5 Å². The normalized spacial score (nSPS) is 14.7. The predicted octanol–water partition coefficient (Wildman–Crippen LogP) is 4.75. The van der Waals surface area contributed by atoms with Gasteiger partial charge in [-0.15, -0.1) is 0 Å². The van der Waals surface area contributed by atoms with Crippen molar-refractivity contribution in [2.45, 2.75) is 19.3 Å². The summed E-state index contributed by atoms with van der Waals surface area (Å²) in [6, 6.07) is 17.2. The van der Waals surface area contributed by atoms with Crippen molar-refractivity contribution in [1.82, 2.24) is 0 Å². The monoisotopic (exact) mass is 233 g/mol. The zero-order valence-electron chi connectivity index (χ0n) is 10.5. The minimum Gasteiger partial charge on any atom is -0.0622 e. The van der Waals surface area contributed by atoms with Crippen LogP contribution in [-0.4, -0.2) is 0 Å².